The van der Waals surface area contributed by atoms with Crippen LogP contribution in [-0.4, -0.2) is 18.8 Å². The molecule has 0 saturated carbocycles. The summed E-state index contributed by atoms with van der Waals surface area (Å²) in [5, 5.41) is 10.0. The largest absolute Gasteiger partial charge is 0.496 e. The van der Waals surface area contributed by atoms with Gasteiger partial charge in [-0.15, -0.1) is 0 Å². The summed E-state index contributed by atoms with van der Waals surface area (Å²) in [6.45, 7) is 13.4. The zero-order valence-corrected chi connectivity index (χ0v) is 11.5. The minimum absolute atomic E-state index is 0.0544. The topological polar surface area (TPSA) is 33.8 Å². The van der Waals surface area contributed by atoms with E-state index in [-0.39, 0.29) is 12.0 Å². The highest BCUT2D eigenvalue weighted by Crippen LogP contribution is 2.33. The van der Waals surface area contributed by atoms with Gasteiger partial charge in [0.15, 0.2) is 6.10 Å². The molecule has 1 aromatic carbocycles. The van der Waals surface area contributed by atoms with Crippen molar-refractivity contribution in [3.8, 4) is 5.75 Å². The van der Waals surface area contributed by atoms with Crippen molar-refractivity contribution in [3.63, 3.8) is 0 Å². The van der Waals surface area contributed by atoms with Gasteiger partial charge in [0.1, 0.15) is 5.75 Å². The summed E-state index contributed by atoms with van der Waals surface area (Å²) in [5.74, 6) is 0.641. The van der Waals surface area contributed by atoms with E-state index >= 15 is 0 Å². The first kappa shape index (κ1) is 14.5. The number of benzene rings is 1. The maximum Gasteiger partial charge on any atom is 0.244 e. The second kappa shape index (κ2) is 5.88. The molecule has 0 spiro atoms. The van der Waals surface area contributed by atoms with Crippen LogP contribution in [0.4, 0.5) is 0 Å². The van der Waals surface area contributed by atoms with E-state index in [1.807, 2.05) is 18.2 Å². The zero-order chi connectivity index (χ0) is 13.8. The van der Waals surface area contributed by atoms with E-state index in [4.69, 9.17) is 11.3 Å². The fraction of sp³-hybridized carbons (Fsp3) is 0.533. The van der Waals surface area contributed by atoms with Crippen LogP contribution in [0.3, 0.4) is 0 Å². The van der Waals surface area contributed by atoms with Crippen molar-refractivity contribution in [1.82, 2.24) is 0 Å². The van der Waals surface area contributed by atoms with Gasteiger partial charge in [0, 0.05) is 5.56 Å². The lowest BCUT2D eigenvalue weighted by Gasteiger charge is -2.25. The fourth-order valence-corrected chi connectivity index (χ4v) is 1.80. The number of rotatable bonds is 5. The highest BCUT2D eigenvalue weighted by Gasteiger charge is 2.22. The van der Waals surface area contributed by atoms with Crippen molar-refractivity contribution >= 4 is 0 Å². The maximum absolute atomic E-state index is 10.0. The van der Waals surface area contributed by atoms with Crippen molar-refractivity contribution < 1.29 is 9.84 Å². The molecule has 0 aliphatic heterocycles. The molecule has 18 heavy (non-hydrogen) atoms. The molecule has 1 rings (SSSR count). The molecule has 0 heterocycles. The van der Waals surface area contributed by atoms with E-state index in [0.717, 1.165) is 12.0 Å². The summed E-state index contributed by atoms with van der Waals surface area (Å²) in [6, 6.07) is 5.85. The van der Waals surface area contributed by atoms with Gasteiger partial charge in [-0.05, 0) is 29.5 Å². The number of hydrogen-bond donors (Lipinski definition) is 1. The number of ether oxygens (including phenoxy) is 1. The number of nitrogens with zero attached hydrogens (tertiary/aromatic N) is 1. The normalized spacial score (nSPS) is 12.9. The van der Waals surface area contributed by atoms with Gasteiger partial charge < -0.3 is 14.7 Å². The van der Waals surface area contributed by atoms with Crippen molar-refractivity contribution in [2.45, 2.75) is 38.7 Å². The average Bonchev–Trinajstić information content (AvgIpc) is 2.38. The minimum Gasteiger partial charge on any atom is -0.496 e. The van der Waals surface area contributed by atoms with Gasteiger partial charge in [-0.1, -0.05) is 26.8 Å². The van der Waals surface area contributed by atoms with Gasteiger partial charge in [0.25, 0.3) is 0 Å². The lowest BCUT2D eigenvalue weighted by atomic mass is 9.81. The van der Waals surface area contributed by atoms with Crippen LogP contribution in [0.25, 0.3) is 4.85 Å². The first-order valence-corrected chi connectivity index (χ1v) is 6.16. The van der Waals surface area contributed by atoms with Gasteiger partial charge in [0.05, 0.1) is 7.11 Å². The SMILES string of the molecule is [C-]#[N+]CC(O)c1cc(C(C)(C)CC)ccc1OC. The summed E-state index contributed by atoms with van der Waals surface area (Å²) in [4.78, 5) is 3.24. The van der Waals surface area contributed by atoms with Crippen LogP contribution in [0.2, 0.25) is 0 Å². The molecule has 3 nitrogen and oxygen atoms in total. The fourth-order valence-electron chi connectivity index (χ4n) is 1.80. The molecule has 1 N–H and O–H groups in total. The Bertz CT molecular complexity index is 446. The van der Waals surface area contributed by atoms with E-state index < -0.39 is 6.10 Å². The molecule has 0 aromatic heterocycles. The van der Waals surface area contributed by atoms with E-state index in [2.05, 4.69) is 25.6 Å². The maximum atomic E-state index is 10.0. The third-order valence-electron chi connectivity index (χ3n) is 3.52. The lowest BCUT2D eigenvalue weighted by molar-refractivity contribution is 0.190. The standard InChI is InChI=1S/C15H21NO2/c1-6-15(2,3)11-7-8-14(18-5)12(9-11)13(17)10-16-4/h7-9,13,17H,6,10H2,1-3,5H3. The highest BCUT2D eigenvalue weighted by atomic mass is 16.5. The Morgan fingerprint density at radius 3 is 2.61 bits per heavy atom. The average molecular weight is 247 g/mol. The minimum atomic E-state index is -0.787. The van der Waals surface area contributed by atoms with E-state index in [9.17, 15) is 5.11 Å². The highest BCUT2D eigenvalue weighted by molar-refractivity contribution is 5.41. The van der Waals surface area contributed by atoms with Gasteiger partial charge >= 0.3 is 0 Å². The van der Waals surface area contributed by atoms with Gasteiger partial charge in [-0.3, -0.25) is 0 Å². The third kappa shape index (κ3) is 3.02. The Morgan fingerprint density at radius 1 is 1.44 bits per heavy atom. The molecule has 0 aliphatic carbocycles. The lowest BCUT2D eigenvalue weighted by Crippen LogP contribution is -2.16. The summed E-state index contributed by atoms with van der Waals surface area (Å²) in [5.41, 5.74) is 1.91. The van der Waals surface area contributed by atoms with Crippen LogP contribution >= 0.6 is 0 Å². The van der Waals surface area contributed by atoms with E-state index in [1.165, 1.54) is 0 Å². The summed E-state index contributed by atoms with van der Waals surface area (Å²) in [6.07, 6.45) is 0.225. The van der Waals surface area contributed by atoms with Crippen molar-refractivity contribution in [3.05, 3.63) is 40.7 Å². The van der Waals surface area contributed by atoms with Crippen LogP contribution in [0.15, 0.2) is 18.2 Å². The van der Waals surface area contributed by atoms with Crippen LogP contribution < -0.4 is 4.74 Å². The molecule has 1 unspecified atom stereocenters. The Hall–Kier alpha value is -1.53. The molecular formula is C15H21NO2. The van der Waals surface area contributed by atoms with Gasteiger partial charge in [0.2, 0.25) is 6.54 Å². The zero-order valence-electron chi connectivity index (χ0n) is 11.5. The summed E-state index contributed by atoms with van der Waals surface area (Å²) >= 11 is 0. The Balaban J connectivity index is 3.22. The number of aliphatic hydroxyl groups excluding tert-OH is 1. The predicted molar refractivity (Wildman–Crippen MR) is 72.7 cm³/mol. The predicted octanol–water partition coefficient (Wildman–Crippen LogP) is 3.34. The molecular weight excluding hydrogens is 226 g/mol. The van der Waals surface area contributed by atoms with Crippen LogP contribution in [-0.2, 0) is 5.41 Å². The molecule has 1 atom stereocenters. The Morgan fingerprint density at radius 2 is 2.11 bits per heavy atom. The molecule has 0 bridgehead atoms. The first-order valence-electron chi connectivity index (χ1n) is 6.16. The van der Waals surface area contributed by atoms with Crippen molar-refractivity contribution in [2.75, 3.05) is 13.7 Å². The molecule has 98 valence electrons. The molecule has 0 saturated heterocycles. The Kier molecular flexibility index (Phi) is 4.75. The molecule has 0 aliphatic rings. The smallest absolute Gasteiger partial charge is 0.244 e. The number of hydrogen-bond acceptors (Lipinski definition) is 2. The van der Waals surface area contributed by atoms with Crippen molar-refractivity contribution in [2.24, 2.45) is 0 Å². The van der Waals surface area contributed by atoms with E-state index in [0.29, 0.717) is 11.3 Å². The number of methoxy groups -OCH3 is 1. The van der Waals surface area contributed by atoms with E-state index in [1.54, 1.807) is 7.11 Å². The van der Waals surface area contributed by atoms with Crippen LogP contribution in [0.1, 0.15) is 44.4 Å². The first-order chi connectivity index (χ1) is 8.46. The van der Waals surface area contributed by atoms with Crippen LogP contribution in [0.5, 0.6) is 5.75 Å². The monoisotopic (exact) mass is 247 g/mol. The molecule has 0 amide bonds. The summed E-state index contributed by atoms with van der Waals surface area (Å²) < 4.78 is 5.25. The van der Waals surface area contributed by atoms with Crippen LogP contribution in [0, 0.1) is 6.57 Å². The van der Waals surface area contributed by atoms with Gasteiger partial charge in [-0.25, -0.2) is 6.57 Å². The second-order valence-electron chi connectivity index (χ2n) is 5.05. The quantitative estimate of drug-likeness (QED) is 0.810. The third-order valence-corrected chi connectivity index (χ3v) is 3.52. The molecule has 3 heteroatoms. The van der Waals surface area contributed by atoms with Crippen molar-refractivity contribution in [1.29, 1.82) is 0 Å². The molecule has 0 fully saturated rings. The van der Waals surface area contributed by atoms with Gasteiger partial charge in [-0.2, -0.15) is 0 Å². The molecule has 0 radical (unpaired) electrons. The molecule has 1 aromatic rings. The number of aliphatic hydroxyl groups is 1. The Labute approximate surface area is 109 Å². The second-order valence-corrected chi connectivity index (χ2v) is 5.05. The summed E-state index contributed by atoms with van der Waals surface area (Å²) in [7, 11) is 1.58.